The SMILES string of the molecule is Cc1ccc(-c2ccc(C(=O)N3CCC(N4C(=O)COC4=O)C3)cc2)cc1. The van der Waals surface area contributed by atoms with Crippen LogP contribution < -0.4 is 0 Å². The number of imide groups is 1. The van der Waals surface area contributed by atoms with Crippen molar-refractivity contribution >= 4 is 17.9 Å². The van der Waals surface area contributed by atoms with E-state index in [0.29, 0.717) is 25.1 Å². The second kappa shape index (κ2) is 6.87. The zero-order valence-electron chi connectivity index (χ0n) is 15.1. The first kappa shape index (κ1) is 17.3. The van der Waals surface area contributed by atoms with Gasteiger partial charge in [-0.15, -0.1) is 0 Å². The Hall–Kier alpha value is -3.15. The number of likely N-dealkylation sites (tertiary alicyclic amines) is 1. The maximum absolute atomic E-state index is 12.8. The smallest absolute Gasteiger partial charge is 0.417 e. The van der Waals surface area contributed by atoms with Crippen molar-refractivity contribution in [1.82, 2.24) is 9.80 Å². The van der Waals surface area contributed by atoms with Crippen LogP contribution in [0.1, 0.15) is 22.3 Å². The molecule has 2 heterocycles. The number of hydrogen-bond acceptors (Lipinski definition) is 4. The topological polar surface area (TPSA) is 66.9 Å². The van der Waals surface area contributed by atoms with Crippen LogP contribution in [0.2, 0.25) is 0 Å². The van der Waals surface area contributed by atoms with Crippen LogP contribution in [0.3, 0.4) is 0 Å². The zero-order chi connectivity index (χ0) is 19.0. The number of carbonyl (C=O) groups is 3. The molecule has 0 aromatic heterocycles. The fourth-order valence-electron chi connectivity index (χ4n) is 3.59. The van der Waals surface area contributed by atoms with E-state index in [0.717, 1.165) is 16.0 Å². The Bertz CT molecular complexity index is 873. The minimum atomic E-state index is -0.609. The van der Waals surface area contributed by atoms with Gasteiger partial charge in [0.2, 0.25) is 0 Å². The number of aryl methyl sites for hydroxylation is 1. The Kier molecular flexibility index (Phi) is 4.39. The first-order chi connectivity index (χ1) is 13.0. The Morgan fingerprint density at radius 1 is 1.00 bits per heavy atom. The van der Waals surface area contributed by atoms with Crippen LogP contribution >= 0.6 is 0 Å². The second-order valence-electron chi connectivity index (χ2n) is 6.96. The lowest BCUT2D eigenvalue weighted by molar-refractivity contribution is -0.127. The lowest BCUT2D eigenvalue weighted by atomic mass is 10.0. The average Bonchev–Trinajstić information content (AvgIpc) is 3.28. The van der Waals surface area contributed by atoms with Crippen molar-refractivity contribution in [3.8, 4) is 11.1 Å². The van der Waals surface area contributed by atoms with Gasteiger partial charge in [0.25, 0.3) is 11.8 Å². The molecule has 0 spiro atoms. The normalized spacial score (nSPS) is 19.5. The summed E-state index contributed by atoms with van der Waals surface area (Å²) in [5, 5.41) is 0. The van der Waals surface area contributed by atoms with Gasteiger partial charge in [-0.3, -0.25) is 9.59 Å². The predicted molar refractivity (Wildman–Crippen MR) is 99.1 cm³/mol. The molecule has 1 unspecified atom stereocenters. The predicted octanol–water partition coefficient (Wildman–Crippen LogP) is 2.86. The van der Waals surface area contributed by atoms with Gasteiger partial charge in [0.05, 0.1) is 6.04 Å². The third kappa shape index (κ3) is 3.30. The molecule has 2 aliphatic rings. The lowest BCUT2D eigenvalue weighted by Crippen LogP contribution is -2.42. The minimum Gasteiger partial charge on any atom is -0.439 e. The molecule has 27 heavy (non-hydrogen) atoms. The molecule has 2 aliphatic heterocycles. The molecule has 2 aromatic carbocycles. The largest absolute Gasteiger partial charge is 0.439 e. The molecule has 6 nitrogen and oxygen atoms in total. The van der Waals surface area contributed by atoms with Crippen molar-refractivity contribution in [2.45, 2.75) is 19.4 Å². The number of nitrogens with zero attached hydrogens (tertiary/aromatic N) is 2. The van der Waals surface area contributed by atoms with E-state index in [-0.39, 0.29) is 24.5 Å². The minimum absolute atomic E-state index is 0.0898. The number of carbonyl (C=O) groups excluding carboxylic acids is 3. The maximum atomic E-state index is 12.8. The summed E-state index contributed by atoms with van der Waals surface area (Å²) in [4.78, 5) is 39.1. The molecule has 1 atom stereocenters. The Balaban J connectivity index is 1.45. The maximum Gasteiger partial charge on any atom is 0.417 e. The van der Waals surface area contributed by atoms with Gasteiger partial charge in [0.15, 0.2) is 6.61 Å². The Morgan fingerprint density at radius 2 is 1.63 bits per heavy atom. The van der Waals surface area contributed by atoms with Crippen LogP contribution in [0.5, 0.6) is 0 Å². The molecule has 0 N–H and O–H groups in total. The quantitative estimate of drug-likeness (QED) is 0.840. The summed E-state index contributed by atoms with van der Waals surface area (Å²) in [6.07, 6.45) is -0.0321. The molecule has 2 fully saturated rings. The van der Waals surface area contributed by atoms with Gasteiger partial charge in [0, 0.05) is 18.7 Å². The third-order valence-electron chi connectivity index (χ3n) is 5.12. The number of amides is 3. The number of benzene rings is 2. The van der Waals surface area contributed by atoms with Crippen LogP contribution in [0, 0.1) is 6.92 Å². The van der Waals surface area contributed by atoms with Gasteiger partial charge in [-0.05, 0) is 36.6 Å². The van der Waals surface area contributed by atoms with Gasteiger partial charge < -0.3 is 9.64 Å². The second-order valence-corrected chi connectivity index (χ2v) is 6.96. The van der Waals surface area contributed by atoms with Gasteiger partial charge >= 0.3 is 6.09 Å². The van der Waals surface area contributed by atoms with E-state index in [1.54, 1.807) is 4.90 Å². The summed E-state index contributed by atoms with van der Waals surface area (Å²) in [5.41, 5.74) is 3.96. The van der Waals surface area contributed by atoms with E-state index < -0.39 is 6.09 Å². The first-order valence-corrected chi connectivity index (χ1v) is 8.98. The van der Waals surface area contributed by atoms with Crippen LogP contribution in [0.15, 0.2) is 48.5 Å². The fraction of sp³-hybridized carbons (Fsp3) is 0.286. The first-order valence-electron chi connectivity index (χ1n) is 8.98. The summed E-state index contributed by atoms with van der Waals surface area (Å²) in [5.74, 6) is -0.422. The van der Waals surface area contributed by atoms with Gasteiger partial charge in [-0.1, -0.05) is 42.0 Å². The highest BCUT2D eigenvalue weighted by Crippen LogP contribution is 2.24. The van der Waals surface area contributed by atoms with Gasteiger partial charge in [0.1, 0.15) is 0 Å². The lowest BCUT2D eigenvalue weighted by Gasteiger charge is -2.20. The molecular weight excluding hydrogens is 344 g/mol. The standard InChI is InChI=1S/C21H20N2O4/c1-14-2-4-15(5-3-14)16-6-8-17(9-7-16)20(25)22-11-10-18(12-22)23-19(24)13-27-21(23)26/h2-9,18H,10-13H2,1H3. The van der Waals surface area contributed by atoms with Crippen molar-refractivity contribution < 1.29 is 19.1 Å². The van der Waals surface area contributed by atoms with Crippen LogP contribution in [-0.2, 0) is 9.53 Å². The van der Waals surface area contributed by atoms with Gasteiger partial charge in [-0.2, -0.15) is 0 Å². The highest BCUT2D eigenvalue weighted by Gasteiger charge is 2.41. The van der Waals surface area contributed by atoms with Crippen molar-refractivity contribution in [3.05, 3.63) is 59.7 Å². The summed E-state index contributed by atoms with van der Waals surface area (Å²) >= 11 is 0. The highest BCUT2D eigenvalue weighted by molar-refractivity contribution is 5.99. The third-order valence-corrected chi connectivity index (χ3v) is 5.12. The van der Waals surface area contributed by atoms with Crippen molar-refractivity contribution in [1.29, 1.82) is 0 Å². The van der Waals surface area contributed by atoms with E-state index in [4.69, 9.17) is 4.74 Å². The van der Waals surface area contributed by atoms with Crippen molar-refractivity contribution in [2.24, 2.45) is 0 Å². The van der Waals surface area contributed by atoms with E-state index in [2.05, 4.69) is 24.3 Å². The average molecular weight is 364 g/mol. The van der Waals surface area contributed by atoms with Gasteiger partial charge in [-0.25, -0.2) is 9.69 Å². The summed E-state index contributed by atoms with van der Waals surface area (Å²) < 4.78 is 4.77. The Morgan fingerprint density at radius 3 is 2.22 bits per heavy atom. The number of hydrogen-bond donors (Lipinski definition) is 0. The van der Waals surface area contributed by atoms with Crippen LogP contribution in [0.25, 0.3) is 11.1 Å². The molecular formula is C21H20N2O4. The number of cyclic esters (lactones) is 1. The summed E-state index contributed by atoms with van der Waals surface area (Å²) in [6.45, 7) is 2.70. The molecule has 6 heteroatoms. The molecule has 138 valence electrons. The summed E-state index contributed by atoms with van der Waals surface area (Å²) in [6, 6.07) is 15.4. The Labute approximate surface area is 157 Å². The van der Waals surface area contributed by atoms with E-state index in [1.165, 1.54) is 5.56 Å². The van der Waals surface area contributed by atoms with Crippen LogP contribution in [-0.4, -0.2) is 53.4 Å². The molecule has 3 amide bonds. The van der Waals surface area contributed by atoms with Crippen LogP contribution in [0.4, 0.5) is 4.79 Å². The molecule has 0 saturated carbocycles. The molecule has 0 aliphatic carbocycles. The number of ether oxygens (including phenoxy) is 1. The summed E-state index contributed by atoms with van der Waals surface area (Å²) in [7, 11) is 0. The fourth-order valence-corrected chi connectivity index (χ4v) is 3.59. The van der Waals surface area contributed by atoms with E-state index in [1.807, 2.05) is 31.2 Å². The van der Waals surface area contributed by atoms with Crippen molar-refractivity contribution in [3.63, 3.8) is 0 Å². The molecule has 0 bridgehead atoms. The van der Waals surface area contributed by atoms with E-state index >= 15 is 0 Å². The zero-order valence-corrected chi connectivity index (χ0v) is 15.1. The molecule has 2 saturated heterocycles. The molecule has 4 rings (SSSR count). The molecule has 0 radical (unpaired) electrons. The van der Waals surface area contributed by atoms with E-state index in [9.17, 15) is 14.4 Å². The number of rotatable bonds is 3. The monoisotopic (exact) mass is 364 g/mol. The van der Waals surface area contributed by atoms with Crippen molar-refractivity contribution in [2.75, 3.05) is 19.7 Å². The highest BCUT2D eigenvalue weighted by atomic mass is 16.6. The molecule has 2 aromatic rings.